The number of nitrogens with one attached hydrogen (secondary N) is 1. The average Bonchev–Trinajstić information content (AvgIpc) is 2.81. The van der Waals surface area contributed by atoms with Crippen molar-refractivity contribution in [3.05, 3.63) is 46.9 Å². The SMILES string of the molecule is Cc1nc(N[C@H](C)c2cc(N)cc(C)c2C)c2cc(P3(=O)CCN(C(=O)C(C)C)CC3)ncc2n1. The van der Waals surface area contributed by atoms with E-state index in [0.717, 1.165) is 22.2 Å². The lowest BCUT2D eigenvalue weighted by Crippen LogP contribution is -2.43. The second kappa shape index (κ2) is 9.57. The highest BCUT2D eigenvalue weighted by molar-refractivity contribution is 7.71. The van der Waals surface area contributed by atoms with Crippen molar-refractivity contribution < 1.29 is 9.36 Å². The fraction of sp³-hybridized carbons (Fsp3) is 0.462. The first-order valence-electron chi connectivity index (χ1n) is 12.1. The van der Waals surface area contributed by atoms with Crippen LogP contribution in [-0.4, -0.2) is 51.2 Å². The van der Waals surface area contributed by atoms with Crippen LogP contribution in [0.2, 0.25) is 0 Å². The van der Waals surface area contributed by atoms with E-state index in [1.807, 2.05) is 43.9 Å². The van der Waals surface area contributed by atoms with E-state index in [0.29, 0.717) is 48.0 Å². The number of benzene rings is 1. The Kier molecular flexibility index (Phi) is 6.87. The summed E-state index contributed by atoms with van der Waals surface area (Å²) in [5, 5.41) is 4.33. The van der Waals surface area contributed by atoms with Crippen molar-refractivity contribution in [1.29, 1.82) is 0 Å². The third kappa shape index (κ3) is 5.03. The van der Waals surface area contributed by atoms with Gasteiger partial charge in [0.2, 0.25) is 5.91 Å². The number of carbonyl (C=O) groups excluding carboxylic acids is 1. The largest absolute Gasteiger partial charge is 0.399 e. The highest BCUT2D eigenvalue weighted by Crippen LogP contribution is 2.46. The molecule has 1 aromatic carbocycles. The maximum Gasteiger partial charge on any atom is 0.225 e. The standard InChI is InChI=1S/C26H35N6O2P/c1-15(2)26(33)32-7-9-35(34,10-8-32)24-13-22-23(14-28-24)30-19(6)31-25(22)29-18(5)21-12-20(27)11-16(3)17(21)4/h11-15,18H,7-10,27H2,1-6H3,(H,29,30,31)/t18-/m1/s1. The van der Waals surface area contributed by atoms with Crippen LogP contribution in [0.1, 0.15) is 49.3 Å². The zero-order chi connectivity index (χ0) is 25.5. The number of hydrogen-bond acceptors (Lipinski definition) is 7. The number of amides is 1. The van der Waals surface area contributed by atoms with Crippen LogP contribution >= 0.6 is 7.14 Å². The van der Waals surface area contributed by atoms with Gasteiger partial charge in [0.1, 0.15) is 24.2 Å². The zero-order valence-electron chi connectivity index (χ0n) is 21.4. The Bertz CT molecular complexity index is 1330. The summed E-state index contributed by atoms with van der Waals surface area (Å²) in [7, 11) is -2.73. The summed E-state index contributed by atoms with van der Waals surface area (Å²) in [5.41, 5.74) is 11.6. The zero-order valence-corrected chi connectivity index (χ0v) is 22.3. The summed E-state index contributed by atoms with van der Waals surface area (Å²) in [6.07, 6.45) is 2.58. The number of rotatable bonds is 5. The number of nitrogens with zero attached hydrogens (tertiary/aromatic N) is 4. The van der Waals surface area contributed by atoms with Gasteiger partial charge in [0.15, 0.2) is 0 Å². The summed E-state index contributed by atoms with van der Waals surface area (Å²) in [5.74, 6) is 1.37. The van der Waals surface area contributed by atoms with Crippen molar-refractivity contribution in [3.63, 3.8) is 0 Å². The highest BCUT2D eigenvalue weighted by Gasteiger charge is 2.34. The predicted molar refractivity (Wildman–Crippen MR) is 143 cm³/mol. The van der Waals surface area contributed by atoms with Gasteiger partial charge in [-0.2, -0.15) is 0 Å². The van der Waals surface area contributed by atoms with Gasteiger partial charge < -0.3 is 20.5 Å². The van der Waals surface area contributed by atoms with Crippen LogP contribution < -0.4 is 16.5 Å². The lowest BCUT2D eigenvalue weighted by Gasteiger charge is -2.33. The van der Waals surface area contributed by atoms with Gasteiger partial charge in [-0.25, -0.2) is 9.97 Å². The second-order valence-electron chi connectivity index (χ2n) is 9.91. The molecule has 0 saturated carbocycles. The van der Waals surface area contributed by atoms with Crippen LogP contribution in [-0.2, 0) is 9.36 Å². The van der Waals surface area contributed by atoms with Gasteiger partial charge in [0, 0.05) is 42.4 Å². The number of pyridine rings is 1. The normalized spacial score (nSPS) is 16.5. The van der Waals surface area contributed by atoms with Gasteiger partial charge in [-0.15, -0.1) is 0 Å². The Balaban J connectivity index is 1.67. The molecule has 0 unspecified atom stereocenters. The third-order valence-electron chi connectivity index (χ3n) is 6.91. The van der Waals surface area contributed by atoms with Crippen LogP contribution in [0.25, 0.3) is 10.9 Å². The fourth-order valence-electron chi connectivity index (χ4n) is 4.72. The van der Waals surface area contributed by atoms with E-state index in [2.05, 4.69) is 41.0 Å². The lowest BCUT2D eigenvalue weighted by atomic mass is 9.97. The van der Waals surface area contributed by atoms with Crippen molar-refractivity contribution in [2.45, 2.75) is 47.6 Å². The van der Waals surface area contributed by atoms with Gasteiger partial charge >= 0.3 is 0 Å². The van der Waals surface area contributed by atoms with Gasteiger partial charge in [0.25, 0.3) is 0 Å². The van der Waals surface area contributed by atoms with Gasteiger partial charge in [-0.3, -0.25) is 9.78 Å². The summed E-state index contributed by atoms with van der Waals surface area (Å²) >= 11 is 0. The maximum atomic E-state index is 13.9. The molecule has 1 aliphatic heterocycles. The Morgan fingerprint density at radius 1 is 1.09 bits per heavy atom. The smallest absolute Gasteiger partial charge is 0.225 e. The molecule has 0 spiro atoms. The number of carbonyl (C=O) groups is 1. The minimum absolute atomic E-state index is 0.0485. The van der Waals surface area contributed by atoms with Gasteiger partial charge in [-0.05, 0) is 62.6 Å². The van der Waals surface area contributed by atoms with Crippen molar-refractivity contribution in [2.24, 2.45) is 5.92 Å². The highest BCUT2D eigenvalue weighted by atomic mass is 31.2. The molecule has 0 aliphatic carbocycles. The number of aromatic nitrogens is 3. The van der Waals surface area contributed by atoms with E-state index in [1.54, 1.807) is 6.20 Å². The van der Waals surface area contributed by atoms with E-state index in [9.17, 15) is 9.36 Å². The first-order valence-corrected chi connectivity index (χ1v) is 14.2. The molecule has 9 heteroatoms. The van der Waals surface area contributed by atoms with Crippen LogP contribution in [0, 0.1) is 26.7 Å². The second-order valence-corrected chi connectivity index (χ2v) is 13.0. The number of hydrogen-bond donors (Lipinski definition) is 2. The molecule has 35 heavy (non-hydrogen) atoms. The summed E-state index contributed by atoms with van der Waals surface area (Å²) in [6, 6.07) is 5.80. The maximum absolute atomic E-state index is 13.9. The first kappa shape index (κ1) is 25.1. The summed E-state index contributed by atoms with van der Waals surface area (Å²) < 4.78 is 13.9. The molecule has 1 amide bonds. The molecule has 8 nitrogen and oxygen atoms in total. The number of fused-ring (bicyclic) bond motifs is 1. The van der Waals surface area contributed by atoms with Crippen molar-refractivity contribution >= 4 is 40.9 Å². The molecule has 1 aliphatic rings. The van der Waals surface area contributed by atoms with Crippen LogP contribution in [0.5, 0.6) is 0 Å². The minimum Gasteiger partial charge on any atom is -0.399 e. The van der Waals surface area contributed by atoms with E-state index < -0.39 is 7.14 Å². The molecule has 3 aromatic rings. The first-order chi connectivity index (χ1) is 16.5. The lowest BCUT2D eigenvalue weighted by molar-refractivity contribution is -0.134. The van der Waals surface area contributed by atoms with E-state index in [-0.39, 0.29) is 17.9 Å². The molecule has 186 valence electrons. The van der Waals surface area contributed by atoms with Crippen molar-refractivity contribution in [2.75, 3.05) is 36.5 Å². The van der Waals surface area contributed by atoms with E-state index >= 15 is 0 Å². The van der Waals surface area contributed by atoms with Crippen molar-refractivity contribution in [3.8, 4) is 0 Å². The third-order valence-corrected chi connectivity index (χ3v) is 9.84. The molecule has 4 rings (SSSR count). The fourth-order valence-corrected chi connectivity index (χ4v) is 7.16. The monoisotopic (exact) mass is 494 g/mol. The Labute approximate surface area is 207 Å². The minimum atomic E-state index is -2.73. The van der Waals surface area contributed by atoms with Crippen LogP contribution in [0.3, 0.4) is 0 Å². The number of nitrogen functional groups attached to an aromatic ring is 1. The summed E-state index contributed by atoms with van der Waals surface area (Å²) in [4.78, 5) is 28.0. The molecule has 1 fully saturated rings. The average molecular weight is 495 g/mol. The van der Waals surface area contributed by atoms with Gasteiger partial charge in [0.05, 0.1) is 17.8 Å². The number of aryl methyl sites for hydroxylation is 2. The predicted octanol–water partition coefficient (Wildman–Crippen LogP) is 4.19. The molecular weight excluding hydrogens is 459 g/mol. The van der Waals surface area contributed by atoms with Crippen LogP contribution in [0.15, 0.2) is 24.4 Å². The Morgan fingerprint density at radius 2 is 1.77 bits per heavy atom. The molecule has 3 heterocycles. The topological polar surface area (TPSA) is 114 Å². The molecular formula is C26H35N6O2P. The molecule has 0 radical (unpaired) electrons. The van der Waals surface area contributed by atoms with E-state index in [4.69, 9.17) is 5.73 Å². The summed E-state index contributed by atoms with van der Waals surface area (Å²) in [6.45, 7) is 12.9. The van der Waals surface area contributed by atoms with Crippen molar-refractivity contribution in [1.82, 2.24) is 19.9 Å². The Morgan fingerprint density at radius 3 is 2.43 bits per heavy atom. The molecule has 0 bridgehead atoms. The Hall–Kier alpha value is -2.99. The molecule has 1 saturated heterocycles. The molecule has 3 N–H and O–H groups in total. The van der Waals surface area contributed by atoms with Gasteiger partial charge in [-0.1, -0.05) is 13.8 Å². The van der Waals surface area contributed by atoms with E-state index in [1.165, 1.54) is 5.56 Å². The molecule has 1 atom stereocenters. The van der Waals surface area contributed by atoms with Crippen LogP contribution in [0.4, 0.5) is 11.5 Å². The number of anilines is 2. The quantitative estimate of drug-likeness (QED) is 0.404. The number of nitrogens with two attached hydrogens (primary N) is 1. The molecule has 2 aromatic heterocycles.